The van der Waals surface area contributed by atoms with Crippen molar-refractivity contribution in [1.82, 2.24) is 4.90 Å². The van der Waals surface area contributed by atoms with Crippen molar-refractivity contribution >= 4 is 17.3 Å². The smallest absolute Gasteiger partial charge is 0.475 e. The average molecular weight is 423 g/mol. The number of likely N-dealkylation sites (tertiary alicyclic amines) is 1. The molecule has 3 heterocycles. The second-order valence-electron chi connectivity index (χ2n) is 7.04. The fourth-order valence-electron chi connectivity index (χ4n) is 3.83. The van der Waals surface area contributed by atoms with E-state index in [4.69, 9.17) is 19.4 Å². The van der Waals surface area contributed by atoms with E-state index in [1.807, 2.05) is 11.3 Å². The van der Waals surface area contributed by atoms with Gasteiger partial charge in [0.2, 0.25) is 0 Å². The van der Waals surface area contributed by atoms with Crippen LogP contribution in [0.25, 0.3) is 0 Å². The molecular formula is C19H28F3NO4S. The predicted molar refractivity (Wildman–Crippen MR) is 100 cm³/mol. The van der Waals surface area contributed by atoms with Crippen LogP contribution in [0.4, 0.5) is 13.2 Å². The van der Waals surface area contributed by atoms with E-state index in [2.05, 4.69) is 29.3 Å². The summed E-state index contributed by atoms with van der Waals surface area (Å²) in [5, 5.41) is 9.30. The lowest BCUT2D eigenvalue weighted by molar-refractivity contribution is -0.192. The number of carbonyl (C=O) groups is 1. The fraction of sp³-hybridized carbons (Fsp3) is 0.737. The quantitative estimate of drug-likeness (QED) is 0.696. The first-order valence-electron chi connectivity index (χ1n) is 9.53. The molecule has 2 saturated heterocycles. The number of halogens is 3. The number of aliphatic carboxylic acids is 1. The molecule has 3 rings (SSSR count). The van der Waals surface area contributed by atoms with Crippen molar-refractivity contribution in [2.45, 2.75) is 50.9 Å². The summed E-state index contributed by atoms with van der Waals surface area (Å²) in [7, 11) is 0. The number of piperidine rings is 1. The highest BCUT2D eigenvalue weighted by molar-refractivity contribution is 7.09. The SMILES string of the molecule is CCOCCC1CCOC12CCN(Cc1cccs1)CC2.O=C(O)C(F)(F)F. The number of rotatable bonds is 6. The number of thiophene rings is 1. The topological polar surface area (TPSA) is 59.0 Å². The molecule has 1 unspecified atom stereocenters. The van der Waals surface area contributed by atoms with Crippen LogP contribution in [0.5, 0.6) is 0 Å². The summed E-state index contributed by atoms with van der Waals surface area (Å²) in [5.74, 6) is -2.06. The second-order valence-corrected chi connectivity index (χ2v) is 8.08. The Morgan fingerprint density at radius 2 is 2.11 bits per heavy atom. The third-order valence-corrected chi connectivity index (χ3v) is 6.18. The number of nitrogens with zero attached hydrogens (tertiary/aromatic N) is 1. The van der Waals surface area contributed by atoms with Gasteiger partial charge in [0.05, 0.1) is 5.60 Å². The molecule has 0 amide bonds. The monoisotopic (exact) mass is 423 g/mol. The minimum Gasteiger partial charge on any atom is -0.475 e. The van der Waals surface area contributed by atoms with E-state index in [1.165, 1.54) is 43.6 Å². The zero-order valence-electron chi connectivity index (χ0n) is 16.0. The number of carboxylic acid groups (broad SMARTS) is 1. The van der Waals surface area contributed by atoms with Crippen molar-refractivity contribution in [3.63, 3.8) is 0 Å². The average Bonchev–Trinajstić information content (AvgIpc) is 3.28. The normalized spacial score (nSPS) is 22.1. The third kappa shape index (κ3) is 6.72. The van der Waals surface area contributed by atoms with Gasteiger partial charge in [0.15, 0.2) is 0 Å². The molecule has 1 N–H and O–H groups in total. The minimum absolute atomic E-state index is 0.156. The van der Waals surface area contributed by atoms with Gasteiger partial charge in [0.25, 0.3) is 0 Å². The van der Waals surface area contributed by atoms with E-state index < -0.39 is 12.1 Å². The summed E-state index contributed by atoms with van der Waals surface area (Å²) < 4.78 is 43.5. The molecule has 1 atom stereocenters. The molecule has 0 radical (unpaired) electrons. The first-order valence-corrected chi connectivity index (χ1v) is 10.4. The molecule has 2 fully saturated rings. The number of alkyl halides is 3. The van der Waals surface area contributed by atoms with Crippen LogP contribution in [0.2, 0.25) is 0 Å². The van der Waals surface area contributed by atoms with Crippen LogP contribution in [0.1, 0.15) is 37.5 Å². The molecular weight excluding hydrogens is 395 g/mol. The van der Waals surface area contributed by atoms with Gasteiger partial charge in [-0.15, -0.1) is 11.3 Å². The van der Waals surface area contributed by atoms with E-state index >= 15 is 0 Å². The van der Waals surface area contributed by atoms with Crippen molar-refractivity contribution in [2.24, 2.45) is 5.92 Å². The van der Waals surface area contributed by atoms with Crippen LogP contribution in [-0.2, 0) is 20.8 Å². The van der Waals surface area contributed by atoms with Gasteiger partial charge < -0.3 is 14.6 Å². The van der Waals surface area contributed by atoms with Crippen LogP contribution in [-0.4, -0.2) is 60.7 Å². The highest BCUT2D eigenvalue weighted by Crippen LogP contribution is 2.42. The Morgan fingerprint density at radius 1 is 1.43 bits per heavy atom. The first-order chi connectivity index (χ1) is 13.3. The Bertz CT molecular complexity index is 586. The summed E-state index contributed by atoms with van der Waals surface area (Å²) in [6.07, 6.45) is -0.318. The molecule has 0 bridgehead atoms. The molecule has 0 saturated carbocycles. The summed E-state index contributed by atoms with van der Waals surface area (Å²) in [6, 6.07) is 4.39. The van der Waals surface area contributed by atoms with Crippen molar-refractivity contribution in [1.29, 1.82) is 0 Å². The van der Waals surface area contributed by atoms with Gasteiger partial charge in [-0.25, -0.2) is 4.79 Å². The Hall–Kier alpha value is -1.16. The van der Waals surface area contributed by atoms with E-state index in [-0.39, 0.29) is 5.60 Å². The Labute approximate surface area is 167 Å². The zero-order valence-corrected chi connectivity index (χ0v) is 16.9. The molecule has 1 spiro atoms. The summed E-state index contributed by atoms with van der Waals surface area (Å²) in [6.45, 7) is 8.19. The molecule has 2 aliphatic heterocycles. The minimum atomic E-state index is -5.08. The van der Waals surface area contributed by atoms with Crippen LogP contribution >= 0.6 is 11.3 Å². The van der Waals surface area contributed by atoms with E-state index in [1.54, 1.807) is 0 Å². The standard InChI is InChI=1S/C17H27NO2S.C2HF3O2/c1-2-19-11-5-15-6-12-20-17(15)7-9-18(10-8-17)14-16-4-3-13-21-16;3-2(4,5)1(6)7/h3-4,13,15H,2,5-12,14H2,1H3;(H,6,7). The van der Waals surface area contributed by atoms with E-state index in [0.29, 0.717) is 5.92 Å². The third-order valence-electron chi connectivity index (χ3n) is 5.32. The van der Waals surface area contributed by atoms with Gasteiger partial charge in [0, 0.05) is 44.3 Å². The fourth-order valence-corrected chi connectivity index (χ4v) is 4.57. The lowest BCUT2D eigenvalue weighted by Gasteiger charge is -2.42. The molecule has 160 valence electrons. The van der Waals surface area contributed by atoms with Gasteiger partial charge in [0.1, 0.15) is 0 Å². The molecule has 2 aliphatic rings. The second kappa shape index (κ2) is 10.6. The van der Waals surface area contributed by atoms with Gasteiger partial charge in [-0.1, -0.05) is 6.07 Å². The Balaban J connectivity index is 0.000000345. The molecule has 1 aromatic rings. The summed E-state index contributed by atoms with van der Waals surface area (Å²) >= 11 is 1.87. The van der Waals surface area contributed by atoms with Gasteiger partial charge in [-0.2, -0.15) is 13.2 Å². The largest absolute Gasteiger partial charge is 0.490 e. The molecule has 0 aliphatic carbocycles. The maximum Gasteiger partial charge on any atom is 0.490 e. The lowest BCUT2D eigenvalue weighted by atomic mass is 9.78. The molecule has 9 heteroatoms. The van der Waals surface area contributed by atoms with Crippen molar-refractivity contribution in [3.05, 3.63) is 22.4 Å². The zero-order chi connectivity index (χ0) is 20.6. The number of hydrogen-bond acceptors (Lipinski definition) is 5. The molecule has 5 nitrogen and oxygen atoms in total. The van der Waals surface area contributed by atoms with Gasteiger partial charge >= 0.3 is 12.1 Å². The summed E-state index contributed by atoms with van der Waals surface area (Å²) in [4.78, 5) is 13.0. The highest BCUT2D eigenvalue weighted by Gasteiger charge is 2.45. The predicted octanol–water partition coefficient (Wildman–Crippen LogP) is 4.18. The van der Waals surface area contributed by atoms with Crippen LogP contribution in [0, 0.1) is 5.92 Å². The van der Waals surface area contributed by atoms with Crippen molar-refractivity contribution in [2.75, 3.05) is 32.9 Å². The van der Waals surface area contributed by atoms with Crippen LogP contribution < -0.4 is 0 Å². The van der Waals surface area contributed by atoms with Gasteiger partial charge in [-0.3, -0.25) is 4.90 Å². The maximum atomic E-state index is 10.6. The van der Waals surface area contributed by atoms with E-state index in [9.17, 15) is 13.2 Å². The van der Waals surface area contributed by atoms with E-state index in [0.717, 1.165) is 26.4 Å². The van der Waals surface area contributed by atoms with Crippen LogP contribution in [0.15, 0.2) is 17.5 Å². The molecule has 1 aromatic heterocycles. The lowest BCUT2D eigenvalue weighted by Crippen LogP contribution is -2.47. The number of carboxylic acids is 1. The van der Waals surface area contributed by atoms with Crippen molar-refractivity contribution in [3.8, 4) is 0 Å². The Kier molecular flexibility index (Phi) is 8.73. The van der Waals surface area contributed by atoms with Gasteiger partial charge in [-0.05, 0) is 50.0 Å². The number of ether oxygens (including phenoxy) is 2. The Morgan fingerprint density at radius 3 is 2.64 bits per heavy atom. The van der Waals surface area contributed by atoms with Crippen LogP contribution in [0.3, 0.4) is 0 Å². The number of hydrogen-bond donors (Lipinski definition) is 1. The molecule has 28 heavy (non-hydrogen) atoms. The highest BCUT2D eigenvalue weighted by atomic mass is 32.1. The summed E-state index contributed by atoms with van der Waals surface area (Å²) in [5.41, 5.74) is 0.156. The first kappa shape index (κ1) is 23.1. The van der Waals surface area contributed by atoms with Crippen molar-refractivity contribution < 1.29 is 32.5 Å². The maximum absolute atomic E-state index is 10.6. The molecule has 0 aromatic carbocycles.